The van der Waals surface area contributed by atoms with E-state index in [0.29, 0.717) is 11.9 Å². The van der Waals surface area contributed by atoms with Crippen LogP contribution in [0.3, 0.4) is 0 Å². The van der Waals surface area contributed by atoms with Gasteiger partial charge in [0, 0.05) is 24.7 Å². The van der Waals surface area contributed by atoms with Gasteiger partial charge in [0.1, 0.15) is 5.82 Å². The van der Waals surface area contributed by atoms with Crippen LogP contribution in [0.15, 0.2) is 18.3 Å². The molecule has 0 amide bonds. The molecule has 2 rings (SSSR count). The minimum atomic E-state index is 0.673. The molecule has 1 saturated carbocycles. The third kappa shape index (κ3) is 2.18. The van der Waals surface area contributed by atoms with Gasteiger partial charge in [-0.05, 0) is 31.4 Å². The van der Waals surface area contributed by atoms with Crippen molar-refractivity contribution >= 4 is 17.4 Å². The van der Waals surface area contributed by atoms with Crippen LogP contribution in [0.4, 0.5) is 5.82 Å². The van der Waals surface area contributed by atoms with Crippen molar-refractivity contribution in [2.75, 3.05) is 17.3 Å². The molecule has 0 N–H and O–H groups in total. The molecule has 14 heavy (non-hydrogen) atoms. The summed E-state index contributed by atoms with van der Waals surface area (Å²) in [4.78, 5) is 6.74. The van der Waals surface area contributed by atoms with Crippen molar-refractivity contribution in [3.63, 3.8) is 0 Å². The number of anilines is 1. The van der Waals surface area contributed by atoms with E-state index in [4.69, 9.17) is 11.6 Å². The van der Waals surface area contributed by atoms with E-state index in [1.165, 1.54) is 18.4 Å². The van der Waals surface area contributed by atoms with E-state index in [1.54, 1.807) is 0 Å². The molecule has 0 aliphatic heterocycles. The lowest BCUT2D eigenvalue weighted by atomic mass is 10.3. The molecule has 1 fully saturated rings. The van der Waals surface area contributed by atoms with Crippen LogP contribution in [0.5, 0.6) is 0 Å². The smallest absolute Gasteiger partial charge is 0.128 e. The molecule has 2 nitrogen and oxygen atoms in total. The number of hydrogen-bond donors (Lipinski definition) is 0. The van der Waals surface area contributed by atoms with Crippen LogP contribution in [-0.4, -0.2) is 23.5 Å². The van der Waals surface area contributed by atoms with Crippen LogP contribution in [0.1, 0.15) is 18.4 Å². The Kier molecular flexibility index (Phi) is 2.92. The molecular formula is C11H15ClN2. The molecule has 76 valence electrons. The van der Waals surface area contributed by atoms with Gasteiger partial charge >= 0.3 is 0 Å². The molecule has 0 spiro atoms. The summed E-state index contributed by atoms with van der Waals surface area (Å²) in [7, 11) is 0. The first-order chi connectivity index (χ1) is 6.81. The first-order valence-electron chi connectivity index (χ1n) is 5.06. The Morgan fingerprint density at radius 2 is 2.29 bits per heavy atom. The number of pyridine rings is 1. The summed E-state index contributed by atoms with van der Waals surface area (Å²) in [6.07, 6.45) is 4.48. The van der Waals surface area contributed by atoms with E-state index in [0.717, 1.165) is 12.4 Å². The number of alkyl halides is 1. The quantitative estimate of drug-likeness (QED) is 0.711. The number of aryl methyl sites for hydroxylation is 1. The lowest BCUT2D eigenvalue weighted by Gasteiger charge is -2.22. The molecule has 0 radical (unpaired) electrons. The highest BCUT2D eigenvalue weighted by molar-refractivity contribution is 6.18. The van der Waals surface area contributed by atoms with Crippen molar-refractivity contribution in [3.8, 4) is 0 Å². The molecule has 1 aromatic rings. The third-order valence-corrected chi connectivity index (χ3v) is 2.67. The fraction of sp³-hybridized carbons (Fsp3) is 0.545. The normalized spacial score (nSPS) is 15.6. The topological polar surface area (TPSA) is 16.1 Å². The van der Waals surface area contributed by atoms with Gasteiger partial charge in [0.05, 0.1) is 0 Å². The zero-order valence-corrected chi connectivity index (χ0v) is 9.17. The summed E-state index contributed by atoms with van der Waals surface area (Å²) in [5, 5.41) is 0. The Balaban J connectivity index is 2.13. The zero-order valence-electron chi connectivity index (χ0n) is 8.41. The van der Waals surface area contributed by atoms with Gasteiger partial charge < -0.3 is 4.90 Å². The summed E-state index contributed by atoms with van der Waals surface area (Å²) in [5.41, 5.74) is 1.20. The number of rotatable bonds is 4. The highest BCUT2D eigenvalue weighted by Gasteiger charge is 2.29. The lowest BCUT2D eigenvalue weighted by Crippen LogP contribution is -2.28. The number of aromatic nitrogens is 1. The van der Waals surface area contributed by atoms with Gasteiger partial charge in [0.2, 0.25) is 0 Å². The number of nitrogens with zero attached hydrogens (tertiary/aromatic N) is 2. The van der Waals surface area contributed by atoms with Crippen molar-refractivity contribution in [2.24, 2.45) is 0 Å². The molecule has 0 aromatic carbocycles. The summed E-state index contributed by atoms with van der Waals surface area (Å²) < 4.78 is 0. The Hall–Kier alpha value is -0.760. The Morgan fingerprint density at radius 1 is 1.50 bits per heavy atom. The Labute approximate surface area is 89.9 Å². The second kappa shape index (κ2) is 4.18. The second-order valence-corrected chi connectivity index (χ2v) is 4.19. The predicted molar refractivity (Wildman–Crippen MR) is 60.1 cm³/mol. The summed E-state index contributed by atoms with van der Waals surface area (Å²) in [5.74, 6) is 1.74. The Bertz CT molecular complexity index is 293. The molecule has 0 saturated heterocycles. The van der Waals surface area contributed by atoms with Gasteiger partial charge in [0.15, 0.2) is 0 Å². The van der Waals surface area contributed by atoms with Crippen LogP contribution < -0.4 is 4.90 Å². The van der Waals surface area contributed by atoms with Gasteiger partial charge in [-0.3, -0.25) is 0 Å². The predicted octanol–water partition coefficient (Wildman–Crippen LogP) is 2.60. The second-order valence-electron chi connectivity index (χ2n) is 3.81. The van der Waals surface area contributed by atoms with Crippen molar-refractivity contribution in [1.29, 1.82) is 0 Å². The van der Waals surface area contributed by atoms with Crippen molar-refractivity contribution in [3.05, 3.63) is 23.9 Å². The molecule has 0 atom stereocenters. The van der Waals surface area contributed by atoms with E-state index >= 15 is 0 Å². The monoisotopic (exact) mass is 210 g/mol. The maximum Gasteiger partial charge on any atom is 0.128 e. The molecular weight excluding hydrogens is 196 g/mol. The number of hydrogen-bond acceptors (Lipinski definition) is 2. The maximum absolute atomic E-state index is 5.78. The summed E-state index contributed by atoms with van der Waals surface area (Å²) in [6, 6.07) is 4.87. The maximum atomic E-state index is 5.78. The first-order valence-corrected chi connectivity index (χ1v) is 5.60. The lowest BCUT2D eigenvalue weighted by molar-refractivity contribution is 0.811. The van der Waals surface area contributed by atoms with Crippen LogP contribution in [0.25, 0.3) is 0 Å². The van der Waals surface area contributed by atoms with Crippen LogP contribution in [-0.2, 0) is 0 Å². The van der Waals surface area contributed by atoms with Crippen molar-refractivity contribution in [1.82, 2.24) is 4.98 Å². The van der Waals surface area contributed by atoms with Crippen LogP contribution in [0, 0.1) is 6.92 Å². The standard InChI is InChI=1S/C11H15ClN2/c1-9-2-5-11(13-8-9)14(7-6-12)10-3-4-10/h2,5,8,10H,3-4,6-7H2,1H3. The highest BCUT2D eigenvalue weighted by atomic mass is 35.5. The van der Waals surface area contributed by atoms with E-state index in [1.807, 2.05) is 6.20 Å². The fourth-order valence-corrected chi connectivity index (χ4v) is 1.77. The van der Waals surface area contributed by atoms with Gasteiger partial charge in [-0.15, -0.1) is 11.6 Å². The Morgan fingerprint density at radius 3 is 2.79 bits per heavy atom. The molecule has 0 bridgehead atoms. The molecule has 0 unspecified atom stereocenters. The van der Waals surface area contributed by atoms with E-state index in [9.17, 15) is 0 Å². The van der Waals surface area contributed by atoms with E-state index in [2.05, 4.69) is 28.9 Å². The van der Waals surface area contributed by atoms with Gasteiger partial charge in [-0.25, -0.2) is 4.98 Å². The molecule has 1 aliphatic rings. The van der Waals surface area contributed by atoms with Gasteiger partial charge in [-0.2, -0.15) is 0 Å². The summed E-state index contributed by atoms with van der Waals surface area (Å²) in [6.45, 7) is 2.96. The van der Waals surface area contributed by atoms with Crippen LogP contribution in [0.2, 0.25) is 0 Å². The average molecular weight is 211 g/mol. The van der Waals surface area contributed by atoms with E-state index < -0.39 is 0 Å². The third-order valence-electron chi connectivity index (χ3n) is 2.50. The number of halogens is 1. The minimum absolute atomic E-state index is 0.673. The molecule has 3 heteroatoms. The van der Waals surface area contributed by atoms with Crippen molar-refractivity contribution < 1.29 is 0 Å². The molecule has 1 aromatic heterocycles. The van der Waals surface area contributed by atoms with Crippen LogP contribution >= 0.6 is 11.6 Å². The van der Waals surface area contributed by atoms with Gasteiger partial charge in [0.25, 0.3) is 0 Å². The molecule has 1 aliphatic carbocycles. The zero-order chi connectivity index (χ0) is 9.97. The van der Waals surface area contributed by atoms with Gasteiger partial charge in [-0.1, -0.05) is 6.07 Å². The first kappa shape index (κ1) is 9.78. The minimum Gasteiger partial charge on any atom is -0.352 e. The fourth-order valence-electron chi connectivity index (χ4n) is 1.59. The average Bonchev–Trinajstić information content (AvgIpc) is 2.99. The SMILES string of the molecule is Cc1ccc(N(CCCl)C2CC2)nc1. The summed E-state index contributed by atoms with van der Waals surface area (Å²) >= 11 is 5.78. The van der Waals surface area contributed by atoms with Crippen molar-refractivity contribution in [2.45, 2.75) is 25.8 Å². The largest absolute Gasteiger partial charge is 0.352 e. The molecule has 1 heterocycles. The van der Waals surface area contributed by atoms with E-state index in [-0.39, 0.29) is 0 Å². The highest BCUT2D eigenvalue weighted by Crippen LogP contribution is 2.30.